The van der Waals surface area contributed by atoms with Crippen molar-refractivity contribution in [3.63, 3.8) is 0 Å². The van der Waals surface area contributed by atoms with Crippen LogP contribution in [0.1, 0.15) is 26.3 Å². The highest BCUT2D eigenvalue weighted by Crippen LogP contribution is 2.22. The molecule has 3 aromatic rings. The van der Waals surface area contributed by atoms with Crippen LogP contribution >= 0.6 is 23.2 Å². The Morgan fingerprint density at radius 2 is 1.86 bits per heavy atom. The summed E-state index contributed by atoms with van der Waals surface area (Å²) in [5.74, 6) is -0.730. The van der Waals surface area contributed by atoms with E-state index in [0.717, 1.165) is 0 Å². The molecule has 8 heteroatoms. The van der Waals surface area contributed by atoms with Crippen LogP contribution in [0.25, 0.3) is 0 Å². The minimum absolute atomic E-state index is 0.265. The third-order valence-corrected chi connectivity index (χ3v) is 4.17. The maximum atomic E-state index is 12.4. The topological polar surface area (TPSA) is 83.5 Å². The van der Waals surface area contributed by atoms with Gasteiger partial charge in [0.25, 0.3) is 11.8 Å². The van der Waals surface area contributed by atoms with Gasteiger partial charge in [-0.05, 0) is 48.0 Å². The maximum absolute atomic E-state index is 12.4. The van der Waals surface area contributed by atoms with Crippen molar-refractivity contribution in [3.8, 4) is 0 Å². The van der Waals surface area contributed by atoms with E-state index in [1.54, 1.807) is 54.7 Å². The smallest absolute Gasteiger partial charge is 0.272 e. The molecule has 0 spiro atoms. The summed E-state index contributed by atoms with van der Waals surface area (Å²) in [5.41, 5.74) is 4.38. The Labute approximate surface area is 171 Å². The van der Waals surface area contributed by atoms with E-state index < -0.39 is 0 Å². The quantitative estimate of drug-likeness (QED) is 0.480. The molecular weight excluding hydrogens is 399 g/mol. The number of amides is 2. The predicted molar refractivity (Wildman–Crippen MR) is 110 cm³/mol. The number of carbonyl (C=O) groups is 2. The summed E-state index contributed by atoms with van der Waals surface area (Å²) in [6.45, 7) is 0. The van der Waals surface area contributed by atoms with Gasteiger partial charge in [-0.15, -0.1) is 0 Å². The highest BCUT2D eigenvalue weighted by atomic mass is 35.5. The fourth-order valence-corrected chi connectivity index (χ4v) is 2.79. The Balaban J connectivity index is 1.65. The Morgan fingerprint density at radius 3 is 2.61 bits per heavy atom. The van der Waals surface area contributed by atoms with Crippen LogP contribution in [0.4, 0.5) is 5.69 Å². The molecule has 0 aliphatic rings. The molecule has 1 aromatic heterocycles. The first-order valence-corrected chi connectivity index (χ1v) is 8.88. The van der Waals surface area contributed by atoms with Gasteiger partial charge < -0.3 is 5.32 Å². The van der Waals surface area contributed by atoms with E-state index in [2.05, 4.69) is 20.8 Å². The van der Waals surface area contributed by atoms with E-state index in [9.17, 15) is 9.59 Å². The Kier molecular flexibility index (Phi) is 6.37. The third kappa shape index (κ3) is 5.16. The van der Waals surface area contributed by atoms with E-state index in [0.29, 0.717) is 27.4 Å². The number of nitrogens with one attached hydrogen (secondary N) is 2. The van der Waals surface area contributed by atoms with Gasteiger partial charge in [-0.3, -0.25) is 14.6 Å². The normalized spacial score (nSPS) is 10.6. The third-order valence-electron chi connectivity index (χ3n) is 3.62. The second-order valence-corrected chi connectivity index (χ2v) is 6.49. The average molecular weight is 413 g/mol. The fourth-order valence-electron chi connectivity index (χ4n) is 2.30. The number of hydrogen-bond acceptors (Lipinski definition) is 4. The molecule has 0 saturated carbocycles. The van der Waals surface area contributed by atoms with Crippen molar-refractivity contribution in [2.75, 3.05) is 5.32 Å². The number of pyridine rings is 1. The SMILES string of the molecule is O=C(N/N=C\c1cccc(NC(=O)c2ccc(Cl)cc2Cl)c1)c1cccnc1. The molecule has 3 rings (SSSR count). The molecule has 0 saturated heterocycles. The minimum Gasteiger partial charge on any atom is -0.322 e. The summed E-state index contributed by atoms with van der Waals surface area (Å²) in [5, 5.41) is 7.40. The Hall–Kier alpha value is -3.22. The summed E-state index contributed by atoms with van der Waals surface area (Å²) in [6, 6.07) is 14.9. The van der Waals surface area contributed by atoms with Crippen LogP contribution in [0.2, 0.25) is 10.0 Å². The zero-order valence-corrected chi connectivity index (χ0v) is 15.9. The molecule has 2 amide bonds. The van der Waals surface area contributed by atoms with Crippen molar-refractivity contribution in [1.29, 1.82) is 0 Å². The fraction of sp³-hybridized carbons (Fsp3) is 0. The van der Waals surface area contributed by atoms with Crippen LogP contribution in [0.15, 0.2) is 72.1 Å². The van der Waals surface area contributed by atoms with Crippen LogP contribution in [0.5, 0.6) is 0 Å². The monoisotopic (exact) mass is 412 g/mol. The maximum Gasteiger partial charge on any atom is 0.272 e. The lowest BCUT2D eigenvalue weighted by Gasteiger charge is -2.07. The minimum atomic E-state index is -0.369. The van der Waals surface area contributed by atoms with E-state index in [4.69, 9.17) is 23.2 Å². The van der Waals surface area contributed by atoms with Gasteiger partial charge in [0.1, 0.15) is 0 Å². The Morgan fingerprint density at radius 1 is 1.00 bits per heavy atom. The number of benzene rings is 2. The van der Waals surface area contributed by atoms with Crippen LogP contribution in [-0.2, 0) is 0 Å². The summed E-state index contributed by atoms with van der Waals surface area (Å²) >= 11 is 11.9. The van der Waals surface area contributed by atoms with Gasteiger partial charge in [-0.1, -0.05) is 35.3 Å². The molecule has 2 N–H and O–H groups in total. The molecule has 0 aliphatic heterocycles. The molecule has 6 nitrogen and oxygen atoms in total. The first kappa shape index (κ1) is 19.5. The highest BCUT2D eigenvalue weighted by Gasteiger charge is 2.11. The van der Waals surface area contributed by atoms with Crippen molar-refractivity contribution in [3.05, 3.63) is 93.7 Å². The first-order valence-electron chi connectivity index (χ1n) is 8.13. The first-order chi connectivity index (χ1) is 13.5. The molecule has 0 bridgehead atoms. The number of hydrogen-bond donors (Lipinski definition) is 2. The van der Waals surface area contributed by atoms with Crippen molar-refractivity contribution >= 4 is 46.9 Å². The summed E-state index contributed by atoms with van der Waals surface area (Å²) in [6.07, 6.45) is 4.50. The summed E-state index contributed by atoms with van der Waals surface area (Å²) < 4.78 is 0. The number of aromatic nitrogens is 1. The molecule has 0 unspecified atom stereocenters. The van der Waals surface area contributed by atoms with Gasteiger partial charge in [0.15, 0.2) is 0 Å². The largest absolute Gasteiger partial charge is 0.322 e. The van der Waals surface area contributed by atoms with Gasteiger partial charge >= 0.3 is 0 Å². The lowest BCUT2D eigenvalue weighted by molar-refractivity contribution is 0.0954. The zero-order chi connectivity index (χ0) is 19.9. The molecular formula is C20H14Cl2N4O2. The second kappa shape index (κ2) is 9.12. The average Bonchev–Trinajstić information content (AvgIpc) is 2.68. The number of nitrogens with zero attached hydrogens (tertiary/aromatic N) is 2. The van der Waals surface area contributed by atoms with Gasteiger partial charge in [0.2, 0.25) is 0 Å². The van der Waals surface area contributed by atoms with E-state index in [1.165, 1.54) is 18.5 Å². The van der Waals surface area contributed by atoms with Crippen LogP contribution in [0, 0.1) is 0 Å². The standard InChI is InChI=1S/C20H14Cl2N4O2/c21-15-6-7-17(18(22)10-15)20(28)25-16-5-1-3-13(9-16)11-24-26-19(27)14-4-2-8-23-12-14/h1-12H,(H,25,28)(H,26,27)/b24-11-. The van der Waals surface area contributed by atoms with Crippen LogP contribution in [0.3, 0.4) is 0 Å². The van der Waals surface area contributed by atoms with E-state index in [1.807, 2.05) is 0 Å². The predicted octanol–water partition coefficient (Wildman–Crippen LogP) is 4.40. The number of hydrazone groups is 1. The van der Waals surface area contributed by atoms with Gasteiger partial charge in [0, 0.05) is 23.1 Å². The summed E-state index contributed by atoms with van der Waals surface area (Å²) in [4.78, 5) is 28.2. The molecule has 0 aliphatic carbocycles. The van der Waals surface area contributed by atoms with Crippen molar-refractivity contribution < 1.29 is 9.59 Å². The lowest BCUT2D eigenvalue weighted by atomic mass is 10.2. The van der Waals surface area contributed by atoms with Crippen molar-refractivity contribution in [2.45, 2.75) is 0 Å². The number of halogens is 2. The lowest BCUT2D eigenvalue weighted by Crippen LogP contribution is -2.17. The van der Waals surface area contributed by atoms with Gasteiger partial charge in [-0.25, -0.2) is 5.43 Å². The van der Waals surface area contributed by atoms with Crippen LogP contribution in [-0.4, -0.2) is 23.0 Å². The molecule has 28 heavy (non-hydrogen) atoms. The molecule has 0 atom stereocenters. The second-order valence-electron chi connectivity index (χ2n) is 5.64. The number of anilines is 1. The zero-order valence-electron chi connectivity index (χ0n) is 14.4. The van der Waals surface area contributed by atoms with Gasteiger partial charge in [-0.2, -0.15) is 5.10 Å². The number of rotatable bonds is 5. The molecule has 2 aromatic carbocycles. The van der Waals surface area contributed by atoms with E-state index in [-0.39, 0.29) is 16.8 Å². The van der Waals surface area contributed by atoms with Crippen molar-refractivity contribution in [1.82, 2.24) is 10.4 Å². The molecule has 140 valence electrons. The van der Waals surface area contributed by atoms with Crippen LogP contribution < -0.4 is 10.7 Å². The van der Waals surface area contributed by atoms with Gasteiger partial charge in [0.05, 0.1) is 22.4 Å². The molecule has 0 radical (unpaired) electrons. The van der Waals surface area contributed by atoms with E-state index >= 15 is 0 Å². The number of carbonyl (C=O) groups excluding carboxylic acids is 2. The molecule has 0 fully saturated rings. The molecule has 1 heterocycles. The van der Waals surface area contributed by atoms with Crippen molar-refractivity contribution in [2.24, 2.45) is 5.10 Å². The summed E-state index contributed by atoms with van der Waals surface area (Å²) in [7, 11) is 0. The highest BCUT2D eigenvalue weighted by molar-refractivity contribution is 6.37. The Bertz CT molecular complexity index is 1040.